The number of sulfonamides is 1. The molecule has 0 radical (unpaired) electrons. The van der Waals surface area contributed by atoms with Gasteiger partial charge in [0.25, 0.3) is 0 Å². The maximum atomic E-state index is 12.4. The predicted molar refractivity (Wildman–Crippen MR) is 88.8 cm³/mol. The molecule has 2 heterocycles. The molecule has 9 heteroatoms. The van der Waals surface area contributed by atoms with E-state index in [1.165, 1.54) is 22.2 Å². The molecule has 1 aromatic carbocycles. The molecule has 1 aliphatic rings. The number of hydrogen-bond donors (Lipinski definition) is 0. The van der Waals surface area contributed by atoms with Crippen molar-refractivity contribution in [3.05, 3.63) is 46.1 Å². The minimum atomic E-state index is -3.30. The van der Waals surface area contributed by atoms with Gasteiger partial charge in [-0.1, -0.05) is 0 Å². The molecule has 0 saturated heterocycles. The quantitative estimate of drug-likeness (QED) is 0.717. The van der Waals surface area contributed by atoms with Crippen molar-refractivity contribution in [2.75, 3.05) is 16.6 Å². The average molecular weight is 350 g/mol. The molecule has 0 unspecified atom stereocenters. The first kappa shape index (κ1) is 16.4. The topological polar surface area (TPSA) is 94.3 Å². The number of nitrogens with zero attached hydrogens (tertiary/aromatic N) is 4. The van der Waals surface area contributed by atoms with Crippen LogP contribution in [0.1, 0.15) is 22.8 Å². The number of Topliss-reactive ketones (excluding diaryl/α,β-unsaturated/α-hetero) is 1. The van der Waals surface area contributed by atoms with E-state index in [2.05, 4.69) is 5.10 Å². The van der Waals surface area contributed by atoms with Gasteiger partial charge in [0.05, 0.1) is 18.0 Å². The number of ketones is 1. The van der Waals surface area contributed by atoms with Crippen LogP contribution in [0.3, 0.4) is 0 Å². The van der Waals surface area contributed by atoms with Crippen LogP contribution in [0.5, 0.6) is 0 Å². The van der Waals surface area contributed by atoms with Crippen molar-refractivity contribution in [1.82, 2.24) is 14.3 Å². The third-order valence-electron chi connectivity index (χ3n) is 4.16. The molecule has 1 aromatic heterocycles. The third kappa shape index (κ3) is 2.75. The zero-order valence-electron chi connectivity index (χ0n) is 13.5. The van der Waals surface area contributed by atoms with E-state index in [9.17, 15) is 18.0 Å². The fourth-order valence-corrected chi connectivity index (χ4v) is 3.93. The van der Waals surface area contributed by atoms with Gasteiger partial charge >= 0.3 is 5.69 Å². The summed E-state index contributed by atoms with van der Waals surface area (Å²) < 4.78 is 27.9. The maximum absolute atomic E-state index is 12.4. The number of aromatic nitrogens is 3. The van der Waals surface area contributed by atoms with E-state index in [-0.39, 0.29) is 23.8 Å². The Bertz CT molecular complexity index is 958. The summed E-state index contributed by atoms with van der Waals surface area (Å²) in [6.07, 6.45) is 1.89. The minimum absolute atomic E-state index is 0.0387. The Morgan fingerprint density at radius 2 is 2.08 bits per heavy atom. The van der Waals surface area contributed by atoms with Crippen molar-refractivity contribution in [2.24, 2.45) is 7.05 Å². The Morgan fingerprint density at radius 1 is 1.33 bits per heavy atom. The molecule has 8 nitrogen and oxygen atoms in total. The van der Waals surface area contributed by atoms with E-state index in [1.807, 2.05) is 0 Å². The van der Waals surface area contributed by atoms with Gasteiger partial charge in [-0.15, -0.1) is 0 Å². The van der Waals surface area contributed by atoms with Crippen LogP contribution in [0.4, 0.5) is 5.69 Å². The summed E-state index contributed by atoms with van der Waals surface area (Å²) in [5.41, 5.74) is 1.56. The van der Waals surface area contributed by atoms with E-state index in [0.717, 1.165) is 10.2 Å². The molecular weight excluding hydrogens is 332 g/mol. The third-order valence-corrected chi connectivity index (χ3v) is 5.94. The summed E-state index contributed by atoms with van der Waals surface area (Å²) in [6.45, 7) is 1.91. The van der Waals surface area contributed by atoms with Gasteiger partial charge in [-0.2, -0.15) is 5.10 Å². The zero-order chi connectivity index (χ0) is 17.5. The van der Waals surface area contributed by atoms with Gasteiger partial charge in [0.15, 0.2) is 5.78 Å². The highest BCUT2D eigenvalue weighted by atomic mass is 32.2. The van der Waals surface area contributed by atoms with E-state index in [1.54, 1.807) is 25.1 Å². The van der Waals surface area contributed by atoms with Gasteiger partial charge in [0.2, 0.25) is 10.0 Å². The second-order valence-corrected chi connectivity index (χ2v) is 7.84. The Kier molecular flexibility index (Phi) is 4.04. The van der Waals surface area contributed by atoms with Crippen LogP contribution in [-0.4, -0.2) is 40.8 Å². The molecule has 1 aliphatic heterocycles. The second kappa shape index (κ2) is 5.90. The van der Waals surface area contributed by atoms with E-state index in [0.29, 0.717) is 24.2 Å². The van der Waals surface area contributed by atoms with Crippen LogP contribution in [-0.2, 0) is 30.0 Å². The van der Waals surface area contributed by atoms with Crippen molar-refractivity contribution >= 4 is 21.5 Å². The molecule has 2 aromatic rings. The molecule has 0 aliphatic carbocycles. The highest BCUT2D eigenvalue weighted by molar-refractivity contribution is 7.92. The summed E-state index contributed by atoms with van der Waals surface area (Å²) in [6, 6.07) is 4.98. The number of carbonyl (C=O) groups excluding carboxylic acids is 1. The first-order chi connectivity index (χ1) is 11.3. The van der Waals surface area contributed by atoms with Crippen molar-refractivity contribution in [3.63, 3.8) is 0 Å². The molecule has 0 bridgehead atoms. The highest BCUT2D eigenvalue weighted by Crippen LogP contribution is 2.31. The van der Waals surface area contributed by atoms with Gasteiger partial charge in [-0.3, -0.25) is 13.7 Å². The number of rotatable bonds is 5. The van der Waals surface area contributed by atoms with E-state index < -0.39 is 10.0 Å². The van der Waals surface area contributed by atoms with Gasteiger partial charge < -0.3 is 0 Å². The molecule has 128 valence electrons. The lowest BCUT2D eigenvalue weighted by atomic mass is 10.1. The Hall–Kier alpha value is -2.42. The lowest BCUT2D eigenvalue weighted by molar-refractivity contribution is 0.0970. The van der Waals surface area contributed by atoms with Crippen molar-refractivity contribution in [3.8, 4) is 0 Å². The fourth-order valence-electron chi connectivity index (χ4n) is 2.77. The SMILES string of the molecule is CCS(=O)(=O)N1CCc2cc(C(=O)Cn3cnn(C)c3=O)ccc21. The van der Waals surface area contributed by atoms with Crippen LogP contribution in [0.2, 0.25) is 0 Å². The number of aryl methyl sites for hydroxylation is 1. The predicted octanol–water partition coefficient (Wildman–Crippen LogP) is 0.177. The zero-order valence-corrected chi connectivity index (χ0v) is 14.3. The Balaban J connectivity index is 1.86. The van der Waals surface area contributed by atoms with Gasteiger partial charge in [-0.05, 0) is 37.1 Å². The first-order valence-corrected chi connectivity index (χ1v) is 9.19. The fraction of sp³-hybridized carbons (Fsp3) is 0.400. The Labute approximate surface area is 139 Å². The van der Waals surface area contributed by atoms with Crippen molar-refractivity contribution in [2.45, 2.75) is 19.9 Å². The summed E-state index contributed by atoms with van der Waals surface area (Å²) in [5, 5.41) is 3.81. The first-order valence-electron chi connectivity index (χ1n) is 7.58. The van der Waals surface area contributed by atoms with Crippen molar-refractivity contribution < 1.29 is 13.2 Å². The number of hydrogen-bond acceptors (Lipinski definition) is 5. The monoisotopic (exact) mass is 350 g/mol. The summed E-state index contributed by atoms with van der Waals surface area (Å²) in [4.78, 5) is 24.1. The highest BCUT2D eigenvalue weighted by Gasteiger charge is 2.28. The average Bonchev–Trinajstić information content (AvgIpc) is 3.13. The summed E-state index contributed by atoms with van der Waals surface area (Å²) >= 11 is 0. The number of carbonyl (C=O) groups is 1. The number of benzene rings is 1. The van der Waals surface area contributed by atoms with Crippen LogP contribution >= 0.6 is 0 Å². The molecule has 0 saturated carbocycles. The molecule has 24 heavy (non-hydrogen) atoms. The van der Waals surface area contributed by atoms with Crippen LogP contribution in [0, 0.1) is 0 Å². The van der Waals surface area contributed by atoms with Crippen LogP contribution in [0.15, 0.2) is 29.3 Å². The van der Waals surface area contributed by atoms with Gasteiger partial charge in [0, 0.05) is 19.2 Å². The normalized spacial score (nSPS) is 14.0. The Morgan fingerprint density at radius 3 is 2.71 bits per heavy atom. The van der Waals surface area contributed by atoms with Crippen molar-refractivity contribution in [1.29, 1.82) is 0 Å². The lowest BCUT2D eigenvalue weighted by Gasteiger charge is -2.18. The molecule has 0 N–H and O–H groups in total. The maximum Gasteiger partial charge on any atom is 0.345 e. The molecule has 3 rings (SSSR count). The van der Waals surface area contributed by atoms with Crippen LogP contribution in [0.25, 0.3) is 0 Å². The molecule has 0 spiro atoms. The molecule has 0 atom stereocenters. The summed E-state index contributed by atoms with van der Waals surface area (Å²) in [7, 11) is -1.79. The number of anilines is 1. The molecule has 0 fully saturated rings. The lowest BCUT2D eigenvalue weighted by Crippen LogP contribution is -2.30. The second-order valence-electron chi connectivity index (χ2n) is 5.65. The van der Waals surface area contributed by atoms with E-state index >= 15 is 0 Å². The van der Waals surface area contributed by atoms with Crippen LogP contribution < -0.4 is 9.99 Å². The van der Waals surface area contributed by atoms with Gasteiger partial charge in [0.1, 0.15) is 6.33 Å². The van der Waals surface area contributed by atoms with Gasteiger partial charge in [-0.25, -0.2) is 17.9 Å². The van der Waals surface area contributed by atoms with E-state index in [4.69, 9.17) is 0 Å². The standard InChI is InChI=1S/C15H18N4O4S/c1-3-24(22,23)19-7-6-11-8-12(4-5-13(11)19)14(20)9-18-10-16-17(2)15(18)21/h4-5,8,10H,3,6-7,9H2,1-2H3. The number of fused-ring (bicyclic) bond motifs is 1. The largest absolute Gasteiger partial charge is 0.345 e. The molecular formula is C15H18N4O4S. The smallest absolute Gasteiger partial charge is 0.292 e. The minimum Gasteiger partial charge on any atom is -0.292 e. The summed E-state index contributed by atoms with van der Waals surface area (Å²) in [5.74, 6) is -0.179. The molecule has 0 amide bonds.